The zero-order chi connectivity index (χ0) is 15.8. The second-order valence-corrected chi connectivity index (χ2v) is 7.79. The van der Waals surface area contributed by atoms with E-state index in [0.717, 1.165) is 16.6 Å². The van der Waals surface area contributed by atoms with Crippen molar-refractivity contribution >= 4 is 53.3 Å². The molecular weight excluding hydrogens is 427 g/mol. The van der Waals surface area contributed by atoms with Crippen LogP contribution in [0.4, 0.5) is 15.8 Å². The van der Waals surface area contributed by atoms with Gasteiger partial charge >= 0.3 is 0 Å². The molecule has 0 saturated carbocycles. The smallest absolute Gasteiger partial charge is 0.262 e. The van der Waals surface area contributed by atoms with Crippen LogP contribution < -0.4 is 10.5 Å². The van der Waals surface area contributed by atoms with Gasteiger partial charge in [0.15, 0.2) is 0 Å². The largest absolute Gasteiger partial charge is 0.396 e. The lowest BCUT2D eigenvalue weighted by molar-refractivity contribution is 0.599. The summed E-state index contributed by atoms with van der Waals surface area (Å²) in [6.45, 7) is 1.51. The van der Waals surface area contributed by atoms with Crippen LogP contribution in [0.3, 0.4) is 0 Å². The Hall–Kier alpha value is -1.12. The van der Waals surface area contributed by atoms with Crippen LogP contribution in [-0.4, -0.2) is 8.42 Å². The minimum atomic E-state index is -3.86. The van der Waals surface area contributed by atoms with E-state index in [0.29, 0.717) is 10.2 Å². The lowest BCUT2D eigenvalue weighted by Gasteiger charge is -2.13. The highest BCUT2D eigenvalue weighted by molar-refractivity contribution is 9.11. The van der Waals surface area contributed by atoms with Gasteiger partial charge < -0.3 is 5.73 Å². The van der Waals surface area contributed by atoms with E-state index in [-0.39, 0.29) is 16.1 Å². The summed E-state index contributed by atoms with van der Waals surface area (Å²) in [5.74, 6) is -0.642. The standard InChI is InChI=1S/C13H11Br2FN2O2S/c1-7-4-10(16)11(17)6-13(7)21(19,20)18-12-3-2-8(14)5-9(12)15/h2-6,18H,17H2,1H3. The van der Waals surface area contributed by atoms with Crippen LogP contribution in [0.1, 0.15) is 5.56 Å². The molecule has 21 heavy (non-hydrogen) atoms. The zero-order valence-corrected chi connectivity index (χ0v) is 14.8. The summed E-state index contributed by atoms with van der Waals surface area (Å²) in [6.07, 6.45) is 0. The second-order valence-electron chi connectivity index (χ2n) is 4.37. The molecule has 0 aliphatic heterocycles. The molecule has 112 valence electrons. The highest BCUT2D eigenvalue weighted by Crippen LogP contribution is 2.29. The topological polar surface area (TPSA) is 72.2 Å². The number of anilines is 2. The summed E-state index contributed by atoms with van der Waals surface area (Å²) in [5, 5.41) is 0. The van der Waals surface area contributed by atoms with E-state index in [9.17, 15) is 12.8 Å². The first-order valence-corrected chi connectivity index (χ1v) is 8.81. The van der Waals surface area contributed by atoms with Crippen molar-refractivity contribution in [3.8, 4) is 0 Å². The number of nitrogen functional groups attached to an aromatic ring is 1. The maximum atomic E-state index is 13.3. The van der Waals surface area contributed by atoms with Gasteiger partial charge in [0.25, 0.3) is 10.0 Å². The van der Waals surface area contributed by atoms with E-state index >= 15 is 0 Å². The Labute approximate surface area is 138 Å². The first-order valence-electron chi connectivity index (χ1n) is 5.74. The fourth-order valence-corrected chi connectivity index (χ4v) is 4.35. The summed E-state index contributed by atoms with van der Waals surface area (Å²) in [7, 11) is -3.86. The van der Waals surface area contributed by atoms with E-state index in [4.69, 9.17) is 5.73 Å². The third-order valence-electron chi connectivity index (χ3n) is 2.76. The first-order chi connectivity index (χ1) is 9.70. The number of nitrogens with two attached hydrogens (primary N) is 1. The van der Waals surface area contributed by atoms with Gasteiger partial charge in [-0.1, -0.05) is 15.9 Å². The molecular formula is C13H11Br2FN2O2S. The third kappa shape index (κ3) is 3.56. The zero-order valence-electron chi connectivity index (χ0n) is 10.8. The number of nitrogens with one attached hydrogen (secondary N) is 1. The Morgan fingerprint density at radius 2 is 1.86 bits per heavy atom. The van der Waals surface area contributed by atoms with Crippen LogP contribution in [0.2, 0.25) is 0 Å². The van der Waals surface area contributed by atoms with Crippen LogP contribution >= 0.6 is 31.9 Å². The molecule has 3 N–H and O–H groups in total. The minimum Gasteiger partial charge on any atom is -0.396 e. The Balaban J connectivity index is 2.46. The minimum absolute atomic E-state index is 0.0591. The van der Waals surface area contributed by atoms with E-state index in [1.165, 1.54) is 6.92 Å². The van der Waals surface area contributed by atoms with Crippen molar-refractivity contribution in [1.82, 2.24) is 0 Å². The summed E-state index contributed by atoms with van der Waals surface area (Å²) in [4.78, 5) is -0.0591. The van der Waals surface area contributed by atoms with Crippen molar-refractivity contribution in [3.63, 3.8) is 0 Å². The predicted octanol–water partition coefficient (Wildman–Crippen LogP) is 4.04. The van der Waals surface area contributed by atoms with Crippen molar-refractivity contribution in [3.05, 3.63) is 50.7 Å². The quantitative estimate of drug-likeness (QED) is 0.711. The summed E-state index contributed by atoms with van der Waals surface area (Å²) < 4.78 is 42.0. The van der Waals surface area contributed by atoms with Crippen molar-refractivity contribution in [2.24, 2.45) is 0 Å². The summed E-state index contributed by atoms with van der Waals surface area (Å²) >= 11 is 6.56. The van der Waals surface area contributed by atoms with Gasteiger partial charge in [0.1, 0.15) is 5.82 Å². The van der Waals surface area contributed by atoms with Crippen molar-refractivity contribution in [2.45, 2.75) is 11.8 Å². The Morgan fingerprint density at radius 1 is 1.19 bits per heavy atom. The van der Waals surface area contributed by atoms with Gasteiger partial charge in [0.2, 0.25) is 0 Å². The van der Waals surface area contributed by atoms with Gasteiger partial charge in [0, 0.05) is 8.95 Å². The molecule has 0 fully saturated rings. The van der Waals surface area contributed by atoms with E-state index in [1.54, 1.807) is 18.2 Å². The molecule has 0 unspecified atom stereocenters. The fourth-order valence-electron chi connectivity index (χ4n) is 1.73. The molecule has 0 aromatic heterocycles. The van der Waals surface area contributed by atoms with Gasteiger partial charge in [-0.2, -0.15) is 0 Å². The molecule has 0 saturated heterocycles. The first kappa shape index (κ1) is 16.3. The number of sulfonamides is 1. The number of rotatable bonds is 3. The molecule has 0 aliphatic carbocycles. The van der Waals surface area contributed by atoms with Crippen LogP contribution in [0.5, 0.6) is 0 Å². The normalized spacial score (nSPS) is 11.4. The van der Waals surface area contributed by atoms with E-state index in [1.807, 2.05) is 0 Å². The molecule has 0 atom stereocenters. The van der Waals surface area contributed by atoms with Gasteiger partial charge in [0.05, 0.1) is 16.3 Å². The average molecular weight is 438 g/mol. The van der Waals surface area contributed by atoms with Crippen LogP contribution in [0.25, 0.3) is 0 Å². The summed E-state index contributed by atoms with van der Waals surface area (Å²) in [5.41, 5.74) is 5.89. The lowest BCUT2D eigenvalue weighted by Crippen LogP contribution is -2.15. The molecule has 0 amide bonds. The Kier molecular flexibility index (Phi) is 4.60. The fraction of sp³-hybridized carbons (Fsp3) is 0.0769. The molecule has 0 spiro atoms. The molecule has 8 heteroatoms. The van der Waals surface area contributed by atoms with Crippen molar-refractivity contribution in [2.75, 3.05) is 10.5 Å². The number of hydrogen-bond acceptors (Lipinski definition) is 3. The number of benzene rings is 2. The maximum Gasteiger partial charge on any atom is 0.262 e. The third-order valence-corrected chi connectivity index (χ3v) is 5.42. The number of halogens is 3. The van der Waals surface area contributed by atoms with Crippen LogP contribution in [0.15, 0.2) is 44.2 Å². The summed E-state index contributed by atoms with van der Waals surface area (Å²) in [6, 6.07) is 7.23. The van der Waals surface area contributed by atoms with Crippen LogP contribution in [-0.2, 0) is 10.0 Å². The molecule has 0 bridgehead atoms. The monoisotopic (exact) mass is 436 g/mol. The lowest BCUT2D eigenvalue weighted by atomic mass is 10.2. The highest BCUT2D eigenvalue weighted by Gasteiger charge is 2.20. The molecule has 2 aromatic carbocycles. The van der Waals surface area contributed by atoms with Crippen molar-refractivity contribution < 1.29 is 12.8 Å². The van der Waals surface area contributed by atoms with Gasteiger partial charge in [-0.05, 0) is 58.7 Å². The van der Waals surface area contributed by atoms with E-state index in [2.05, 4.69) is 36.6 Å². The second kappa shape index (κ2) is 5.94. The van der Waals surface area contributed by atoms with Gasteiger partial charge in [-0.15, -0.1) is 0 Å². The number of aryl methyl sites for hydroxylation is 1. The Bertz CT molecular complexity index is 810. The Morgan fingerprint density at radius 3 is 2.48 bits per heavy atom. The molecule has 2 rings (SSSR count). The van der Waals surface area contributed by atoms with Crippen LogP contribution in [0, 0.1) is 12.7 Å². The predicted molar refractivity (Wildman–Crippen MR) is 88.2 cm³/mol. The molecule has 2 aromatic rings. The van der Waals surface area contributed by atoms with Crippen molar-refractivity contribution in [1.29, 1.82) is 0 Å². The maximum absolute atomic E-state index is 13.3. The SMILES string of the molecule is Cc1cc(F)c(N)cc1S(=O)(=O)Nc1ccc(Br)cc1Br. The number of hydrogen-bond donors (Lipinski definition) is 2. The van der Waals surface area contributed by atoms with E-state index < -0.39 is 15.8 Å². The molecule has 0 heterocycles. The molecule has 0 aliphatic rings. The average Bonchev–Trinajstić information content (AvgIpc) is 2.37. The van der Waals surface area contributed by atoms with Gasteiger partial charge in [-0.3, -0.25) is 4.72 Å². The van der Waals surface area contributed by atoms with Gasteiger partial charge in [-0.25, -0.2) is 12.8 Å². The highest BCUT2D eigenvalue weighted by atomic mass is 79.9. The molecule has 4 nitrogen and oxygen atoms in total. The molecule has 0 radical (unpaired) electrons.